The van der Waals surface area contributed by atoms with Crippen molar-refractivity contribution in [3.63, 3.8) is 0 Å². The summed E-state index contributed by atoms with van der Waals surface area (Å²) in [5, 5.41) is 0.861. The molecule has 2 aromatic heterocycles. The van der Waals surface area contributed by atoms with Gasteiger partial charge in [-0.25, -0.2) is 18.7 Å². The first kappa shape index (κ1) is 17.2. The van der Waals surface area contributed by atoms with E-state index in [4.69, 9.17) is 11.6 Å². The molecule has 0 N–H and O–H groups in total. The molecule has 3 rings (SSSR count). The van der Waals surface area contributed by atoms with E-state index >= 15 is 0 Å². The molecule has 0 radical (unpaired) electrons. The highest BCUT2D eigenvalue weighted by Crippen LogP contribution is 2.26. The minimum atomic E-state index is -0.719. The van der Waals surface area contributed by atoms with E-state index in [9.17, 15) is 8.78 Å². The van der Waals surface area contributed by atoms with E-state index in [0.717, 1.165) is 12.1 Å². The highest BCUT2D eigenvalue weighted by Gasteiger charge is 2.20. The molecule has 0 bridgehead atoms. The van der Waals surface area contributed by atoms with Gasteiger partial charge < -0.3 is 0 Å². The van der Waals surface area contributed by atoms with E-state index in [1.54, 1.807) is 6.20 Å². The van der Waals surface area contributed by atoms with Crippen LogP contribution >= 0.6 is 11.6 Å². The van der Waals surface area contributed by atoms with Gasteiger partial charge in [0.15, 0.2) is 0 Å². The minimum absolute atomic E-state index is 0.0922. The number of halogens is 3. The lowest BCUT2D eigenvalue weighted by atomic mass is 9.95. The fourth-order valence-corrected chi connectivity index (χ4v) is 2.38. The predicted octanol–water partition coefficient (Wildman–Crippen LogP) is 4.65. The first-order valence-corrected chi connectivity index (χ1v) is 7.92. The van der Waals surface area contributed by atoms with Crippen LogP contribution in [0.4, 0.5) is 8.78 Å². The summed E-state index contributed by atoms with van der Waals surface area (Å²) in [4.78, 5) is 13.0. The zero-order valence-electron chi connectivity index (χ0n) is 13.9. The van der Waals surface area contributed by atoms with Crippen LogP contribution in [0.1, 0.15) is 37.7 Å². The van der Waals surface area contributed by atoms with Crippen molar-refractivity contribution in [2.24, 2.45) is 0 Å². The van der Waals surface area contributed by atoms with Crippen molar-refractivity contribution < 1.29 is 8.78 Å². The van der Waals surface area contributed by atoms with Crippen LogP contribution in [0.15, 0.2) is 30.6 Å². The van der Waals surface area contributed by atoms with Crippen molar-refractivity contribution in [3.8, 4) is 11.8 Å². The van der Waals surface area contributed by atoms with Crippen LogP contribution in [0.3, 0.4) is 0 Å². The third kappa shape index (κ3) is 3.59. The lowest BCUT2D eigenvalue weighted by Crippen LogP contribution is -2.16. The molecule has 0 spiro atoms. The molecule has 0 saturated heterocycles. The lowest BCUT2D eigenvalue weighted by molar-refractivity contribution is 0.548. The number of rotatable bonds is 0. The molecule has 0 aliphatic carbocycles. The standard InChI is InChI=1S/C19H14ClF2N3/c1-19(2,3)18-24-16-12(9-23-10-14(16)17(20)25-18)5-4-11-6-7-13(21)8-15(11)22/h6-10H,1-3H3. The van der Waals surface area contributed by atoms with Crippen molar-refractivity contribution >= 4 is 22.5 Å². The molecule has 0 aliphatic rings. The van der Waals surface area contributed by atoms with Crippen LogP contribution in [-0.4, -0.2) is 15.0 Å². The normalized spacial score (nSPS) is 11.3. The van der Waals surface area contributed by atoms with Crippen LogP contribution in [0, 0.1) is 23.5 Å². The average Bonchev–Trinajstić information content (AvgIpc) is 2.53. The summed E-state index contributed by atoms with van der Waals surface area (Å²) >= 11 is 6.26. The van der Waals surface area contributed by atoms with Crippen LogP contribution in [0.2, 0.25) is 5.15 Å². The van der Waals surface area contributed by atoms with E-state index in [0.29, 0.717) is 27.4 Å². The molecule has 126 valence electrons. The van der Waals surface area contributed by atoms with Crippen LogP contribution in [-0.2, 0) is 5.41 Å². The Morgan fingerprint density at radius 1 is 1.00 bits per heavy atom. The van der Waals surface area contributed by atoms with Gasteiger partial charge in [0.2, 0.25) is 0 Å². The Balaban J connectivity index is 2.17. The van der Waals surface area contributed by atoms with E-state index in [1.165, 1.54) is 12.3 Å². The van der Waals surface area contributed by atoms with Gasteiger partial charge in [0, 0.05) is 23.9 Å². The van der Waals surface area contributed by atoms with E-state index in [1.807, 2.05) is 20.8 Å². The van der Waals surface area contributed by atoms with E-state index in [-0.39, 0.29) is 11.0 Å². The molecule has 0 aliphatic heterocycles. The topological polar surface area (TPSA) is 38.7 Å². The maximum Gasteiger partial charge on any atom is 0.142 e. The average molecular weight is 358 g/mol. The number of aromatic nitrogens is 3. The zero-order chi connectivity index (χ0) is 18.2. The molecule has 6 heteroatoms. The number of nitrogens with zero attached hydrogens (tertiary/aromatic N) is 3. The fourth-order valence-electron chi connectivity index (χ4n) is 2.16. The smallest absolute Gasteiger partial charge is 0.142 e. The van der Waals surface area contributed by atoms with Crippen molar-refractivity contribution in [2.45, 2.75) is 26.2 Å². The number of benzene rings is 1. The summed E-state index contributed by atoms with van der Waals surface area (Å²) in [5.74, 6) is 4.75. The summed E-state index contributed by atoms with van der Waals surface area (Å²) in [7, 11) is 0. The van der Waals surface area contributed by atoms with Crippen molar-refractivity contribution in [1.82, 2.24) is 15.0 Å². The zero-order valence-corrected chi connectivity index (χ0v) is 14.6. The van der Waals surface area contributed by atoms with Gasteiger partial charge in [0.05, 0.1) is 22.0 Å². The molecule has 0 amide bonds. The monoisotopic (exact) mass is 357 g/mol. The summed E-state index contributed by atoms with van der Waals surface area (Å²) in [6, 6.07) is 3.24. The third-order valence-corrected chi connectivity index (χ3v) is 3.78. The molecule has 25 heavy (non-hydrogen) atoms. The molecule has 0 fully saturated rings. The molecular formula is C19H14ClF2N3. The maximum absolute atomic E-state index is 13.7. The Morgan fingerprint density at radius 2 is 1.72 bits per heavy atom. The summed E-state index contributed by atoms with van der Waals surface area (Å²) in [6.45, 7) is 5.93. The lowest BCUT2D eigenvalue weighted by Gasteiger charge is -2.17. The predicted molar refractivity (Wildman–Crippen MR) is 93.4 cm³/mol. The van der Waals surface area contributed by atoms with Gasteiger partial charge in [0.25, 0.3) is 0 Å². The van der Waals surface area contributed by atoms with E-state index < -0.39 is 11.6 Å². The highest BCUT2D eigenvalue weighted by molar-refractivity contribution is 6.34. The molecule has 2 heterocycles. The van der Waals surface area contributed by atoms with Gasteiger partial charge in [0.1, 0.15) is 22.6 Å². The molecule has 1 aromatic carbocycles. The molecule has 0 unspecified atom stereocenters. The van der Waals surface area contributed by atoms with Gasteiger partial charge in [-0.2, -0.15) is 0 Å². The minimum Gasteiger partial charge on any atom is -0.263 e. The Labute approximate surface area is 149 Å². The maximum atomic E-state index is 13.7. The van der Waals surface area contributed by atoms with E-state index in [2.05, 4.69) is 26.8 Å². The molecule has 3 nitrogen and oxygen atoms in total. The number of hydrogen-bond donors (Lipinski definition) is 0. The number of pyridine rings is 1. The summed E-state index contributed by atoms with van der Waals surface area (Å²) in [5.41, 5.74) is 0.843. The molecule has 0 saturated carbocycles. The highest BCUT2D eigenvalue weighted by atomic mass is 35.5. The van der Waals surface area contributed by atoms with Gasteiger partial charge in [-0.1, -0.05) is 44.2 Å². The Morgan fingerprint density at radius 3 is 2.40 bits per heavy atom. The Hall–Kier alpha value is -2.58. The molecular weight excluding hydrogens is 344 g/mol. The Kier molecular flexibility index (Phi) is 4.40. The van der Waals surface area contributed by atoms with Crippen molar-refractivity contribution in [3.05, 3.63) is 64.3 Å². The van der Waals surface area contributed by atoms with Gasteiger partial charge >= 0.3 is 0 Å². The second-order valence-corrected chi connectivity index (χ2v) is 6.90. The van der Waals surface area contributed by atoms with Crippen LogP contribution in [0.5, 0.6) is 0 Å². The first-order valence-electron chi connectivity index (χ1n) is 7.54. The number of fused-ring (bicyclic) bond motifs is 1. The number of hydrogen-bond acceptors (Lipinski definition) is 3. The largest absolute Gasteiger partial charge is 0.263 e. The quantitative estimate of drug-likeness (QED) is 0.434. The summed E-state index contributed by atoms with van der Waals surface area (Å²) < 4.78 is 26.7. The van der Waals surface area contributed by atoms with Crippen LogP contribution < -0.4 is 0 Å². The van der Waals surface area contributed by atoms with Gasteiger partial charge in [-0.15, -0.1) is 0 Å². The molecule has 0 atom stereocenters. The summed E-state index contributed by atoms with van der Waals surface area (Å²) in [6.07, 6.45) is 3.10. The van der Waals surface area contributed by atoms with Gasteiger partial charge in [-0.05, 0) is 12.1 Å². The van der Waals surface area contributed by atoms with Crippen LogP contribution in [0.25, 0.3) is 10.9 Å². The first-order chi connectivity index (χ1) is 11.8. The van der Waals surface area contributed by atoms with Crippen molar-refractivity contribution in [2.75, 3.05) is 0 Å². The molecule has 3 aromatic rings. The second kappa shape index (κ2) is 6.38. The Bertz CT molecular complexity index is 1030. The van der Waals surface area contributed by atoms with Gasteiger partial charge in [-0.3, -0.25) is 4.98 Å². The SMILES string of the molecule is CC(C)(C)c1nc(Cl)c2cncc(C#Cc3ccc(F)cc3F)c2n1. The second-order valence-electron chi connectivity index (χ2n) is 6.55. The van der Waals surface area contributed by atoms with Crippen molar-refractivity contribution in [1.29, 1.82) is 0 Å². The third-order valence-electron chi connectivity index (χ3n) is 3.50. The fraction of sp³-hybridized carbons (Fsp3) is 0.211.